The molecule has 0 radical (unpaired) electrons. The lowest BCUT2D eigenvalue weighted by Gasteiger charge is -2.34. The van der Waals surface area contributed by atoms with E-state index in [9.17, 15) is 8.42 Å². The van der Waals surface area contributed by atoms with Gasteiger partial charge in [-0.25, -0.2) is 8.42 Å². The summed E-state index contributed by atoms with van der Waals surface area (Å²) in [6.07, 6.45) is 0. The number of fused-ring (bicyclic) bond motifs is 2. The van der Waals surface area contributed by atoms with E-state index in [4.69, 9.17) is 0 Å². The minimum absolute atomic E-state index is 0.491. The zero-order valence-electron chi connectivity index (χ0n) is 14.9. The fraction of sp³-hybridized carbons (Fsp3) is 0.0833. The Bertz CT molecular complexity index is 1270. The Morgan fingerprint density at radius 2 is 1.07 bits per heavy atom. The van der Waals surface area contributed by atoms with Crippen molar-refractivity contribution in [2.24, 2.45) is 0 Å². The van der Waals surface area contributed by atoms with E-state index in [1.807, 2.05) is 66.7 Å². The normalized spacial score (nSPS) is 17.3. The molecule has 1 aliphatic heterocycles. The largest absolute Gasteiger partial charge is 0.223 e. The molecule has 2 nitrogen and oxygen atoms in total. The van der Waals surface area contributed by atoms with Crippen LogP contribution in [0.1, 0.15) is 17.7 Å². The van der Waals surface area contributed by atoms with Crippen molar-refractivity contribution in [1.82, 2.24) is 0 Å². The standard InChI is InChI=1S/C24H18O2S/c1-16-21-22(17-10-4-2-5-11-17)19-14-8-9-15-20(19)23(24(21)27(16,25)26)18-12-6-3-7-13-18/h2-16H,1H3/t16-/m1/s1. The molecular weight excluding hydrogens is 352 g/mol. The summed E-state index contributed by atoms with van der Waals surface area (Å²) in [6.45, 7) is 1.80. The SMILES string of the molecule is C[C@@H]1c2c(c(-c3ccccc3)c3ccccc3c2-c2ccccc2)S1(=O)=O. The smallest absolute Gasteiger partial charge is 0.186 e. The van der Waals surface area contributed by atoms with E-state index in [2.05, 4.69) is 18.2 Å². The highest BCUT2D eigenvalue weighted by Gasteiger charge is 2.45. The topological polar surface area (TPSA) is 34.1 Å². The highest BCUT2D eigenvalue weighted by Crippen LogP contribution is 2.55. The molecule has 0 saturated heterocycles. The molecule has 1 aliphatic rings. The fourth-order valence-corrected chi connectivity index (χ4v) is 6.01. The molecule has 0 spiro atoms. The van der Waals surface area contributed by atoms with Gasteiger partial charge in [0.15, 0.2) is 9.84 Å². The molecule has 0 aromatic heterocycles. The average molecular weight is 370 g/mol. The van der Waals surface area contributed by atoms with E-state index in [0.29, 0.717) is 4.90 Å². The summed E-state index contributed by atoms with van der Waals surface area (Å²) in [6, 6.07) is 28.1. The minimum Gasteiger partial charge on any atom is -0.223 e. The van der Waals surface area contributed by atoms with Crippen LogP contribution in [0, 0.1) is 0 Å². The maximum Gasteiger partial charge on any atom is 0.186 e. The summed E-state index contributed by atoms with van der Waals surface area (Å²) < 4.78 is 26.1. The third-order valence-electron chi connectivity index (χ3n) is 5.49. The van der Waals surface area contributed by atoms with E-state index < -0.39 is 15.1 Å². The summed E-state index contributed by atoms with van der Waals surface area (Å²) in [4.78, 5) is 0.499. The molecule has 132 valence electrons. The predicted molar refractivity (Wildman–Crippen MR) is 110 cm³/mol. The Balaban J connectivity index is 2.01. The lowest BCUT2D eigenvalue weighted by atomic mass is 9.86. The lowest BCUT2D eigenvalue weighted by Crippen LogP contribution is -2.26. The van der Waals surface area contributed by atoms with Gasteiger partial charge in [0.1, 0.15) is 0 Å². The number of hydrogen-bond acceptors (Lipinski definition) is 2. The van der Waals surface area contributed by atoms with Crippen molar-refractivity contribution in [3.63, 3.8) is 0 Å². The van der Waals surface area contributed by atoms with Crippen LogP contribution in [0.3, 0.4) is 0 Å². The molecule has 0 amide bonds. The molecular formula is C24H18O2S. The molecule has 0 saturated carbocycles. The molecule has 0 N–H and O–H groups in total. The van der Waals surface area contributed by atoms with Gasteiger partial charge in [-0.2, -0.15) is 0 Å². The Hall–Kier alpha value is -2.91. The maximum absolute atomic E-state index is 13.1. The van der Waals surface area contributed by atoms with Crippen molar-refractivity contribution in [2.45, 2.75) is 17.1 Å². The van der Waals surface area contributed by atoms with Crippen LogP contribution in [-0.2, 0) is 9.84 Å². The van der Waals surface area contributed by atoms with Crippen molar-refractivity contribution in [2.75, 3.05) is 0 Å². The summed E-state index contributed by atoms with van der Waals surface area (Å²) >= 11 is 0. The highest BCUT2D eigenvalue weighted by molar-refractivity contribution is 7.93. The van der Waals surface area contributed by atoms with Gasteiger partial charge in [-0.1, -0.05) is 84.9 Å². The third-order valence-corrected chi connectivity index (χ3v) is 7.65. The first-order chi connectivity index (χ1) is 13.1. The second-order valence-corrected chi connectivity index (χ2v) is 9.16. The summed E-state index contributed by atoms with van der Waals surface area (Å²) in [5.74, 6) is 0. The Morgan fingerprint density at radius 1 is 0.630 bits per heavy atom. The van der Waals surface area contributed by atoms with Crippen molar-refractivity contribution < 1.29 is 8.42 Å². The van der Waals surface area contributed by atoms with Gasteiger partial charge in [0.25, 0.3) is 0 Å². The molecule has 0 bridgehead atoms. The van der Waals surface area contributed by atoms with Gasteiger partial charge in [-0.05, 0) is 39.9 Å². The van der Waals surface area contributed by atoms with Crippen molar-refractivity contribution in [1.29, 1.82) is 0 Å². The van der Waals surface area contributed by atoms with Crippen LogP contribution in [0.4, 0.5) is 0 Å². The Kier molecular flexibility index (Phi) is 3.49. The molecule has 4 aromatic carbocycles. The van der Waals surface area contributed by atoms with Crippen LogP contribution in [0.2, 0.25) is 0 Å². The molecule has 3 heteroatoms. The van der Waals surface area contributed by atoms with E-state index in [-0.39, 0.29) is 0 Å². The molecule has 27 heavy (non-hydrogen) atoms. The quantitative estimate of drug-likeness (QED) is 0.432. The van der Waals surface area contributed by atoms with Crippen LogP contribution >= 0.6 is 0 Å². The van der Waals surface area contributed by atoms with Crippen LogP contribution < -0.4 is 0 Å². The van der Waals surface area contributed by atoms with Crippen molar-refractivity contribution in [3.05, 3.63) is 90.5 Å². The van der Waals surface area contributed by atoms with Gasteiger partial charge < -0.3 is 0 Å². The molecule has 0 fully saturated rings. The summed E-state index contributed by atoms with van der Waals surface area (Å²) in [7, 11) is -3.32. The van der Waals surface area contributed by atoms with E-state index in [0.717, 1.165) is 38.6 Å². The number of rotatable bonds is 2. The van der Waals surface area contributed by atoms with Gasteiger partial charge in [0.2, 0.25) is 0 Å². The molecule has 1 atom stereocenters. The second-order valence-electron chi connectivity index (χ2n) is 6.96. The van der Waals surface area contributed by atoms with E-state index in [1.165, 1.54) is 0 Å². The van der Waals surface area contributed by atoms with Gasteiger partial charge in [-0.15, -0.1) is 0 Å². The third kappa shape index (κ3) is 2.22. The first-order valence-corrected chi connectivity index (χ1v) is 10.6. The van der Waals surface area contributed by atoms with Crippen LogP contribution in [0.5, 0.6) is 0 Å². The van der Waals surface area contributed by atoms with Gasteiger partial charge in [-0.3, -0.25) is 0 Å². The van der Waals surface area contributed by atoms with Crippen molar-refractivity contribution in [3.8, 4) is 22.3 Å². The lowest BCUT2D eigenvalue weighted by molar-refractivity contribution is 0.572. The van der Waals surface area contributed by atoms with Crippen LogP contribution in [-0.4, -0.2) is 8.42 Å². The Morgan fingerprint density at radius 3 is 1.63 bits per heavy atom. The molecule has 0 unspecified atom stereocenters. The minimum atomic E-state index is -3.32. The summed E-state index contributed by atoms with van der Waals surface area (Å²) in [5.41, 5.74) is 4.83. The zero-order valence-corrected chi connectivity index (χ0v) is 15.7. The first kappa shape index (κ1) is 16.3. The van der Waals surface area contributed by atoms with Gasteiger partial charge in [0, 0.05) is 5.56 Å². The van der Waals surface area contributed by atoms with E-state index >= 15 is 0 Å². The number of sulfone groups is 1. The zero-order chi connectivity index (χ0) is 18.6. The first-order valence-electron chi connectivity index (χ1n) is 9.04. The fourth-order valence-electron chi connectivity index (χ4n) is 4.20. The summed E-state index contributed by atoms with van der Waals surface area (Å²) in [5, 5.41) is 1.59. The monoisotopic (exact) mass is 370 g/mol. The van der Waals surface area contributed by atoms with E-state index in [1.54, 1.807) is 6.92 Å². The maximum atomic E-state index is 13.1. The van der Waals surface area contributed by atoms with Gasteiger partial charge in [0.05, 0.1) is 10.1 Å². The predicted octanol–water partition coefficient (Wildman–Crippen LogP) is 6.02. The van der Waals surface area contributed by atoms with Crippen LogP contribution in [0.25, 0.3) is 33.0 Å². The molecule has 5 rings (SSSR count). The Labute approximate surface area is 159 Å². The van der Waals surface area contributed by atoms with Crippen LogP contribution in [0.15, 0.2) is 89.8 Å². The highest BCUT2D eigenvalue weighted by atomic mass is 32.2. The van der Waals surface area contributed by atoms with Crippen molar-refractivity contribution >= 4 is 20.6 Å². The number of hydrogen-bond donors (Lipinski definition) is 0. The molecule has 1 heterocycles. The average Bonchev–Trinajstić information content (AvgIpc) is 2.73. The molecule has 0 aliphatic carbocycles. The second kappa shape index (κ2) is 5.80. The number of benzene rings is 4. The van der Waals surface area contributed by atoms with Gasteiger partial charge >= 0.3 is 0 Å². The molecule has 4 aromatic rings.